The standard InChI is InChI=1S/C15H14Cl2N2O2/c1-9-6-14(15(19(20)21)7-10(9)2)18-8-11-12(16)4-3-5-13(11)17/h3-7,18H,8H2,1-2H3. The van der Waals surface area contributed by atoms with Crippen LogP contribution in [0.5, 0.6) is 0 Å². The molecule has 0 spiro atoms. The Morgan fingerprint density at radius 3 is 2.29 bits per heavy atom. The van der Waals surface area contributed by atoms with Crippen LogP contribution in [-0.2, 0) is 6.54 Å². The van der Waals surface area contributed by atoms with Gasteiger partial charge in [-0.2, -0.15) is 0 Å². The second-order valence-corrected chi connectivity index (χ2v) is 5.58. The summed E-state index contributed by atoms with van der Waals surface area (Å²) in [5, 5.41) is 15.3. The lowest BCUT2D eigenvalue weighted by Gasteiger charge is -2.12. The van der Waals surface area contributed by atoms with Gasteiger partial charge in [-0.25, -0.2) is 0 Å². The minimum Gasteiger partial charge on any atom is -0.375 e. The van der Waals surface area contributed by atoms with Crippen molar-refractivity contribution in [2.75, 3.05) is 5.32 Å². The van der Waals surface area contributed by atoms with Crippen molar-refractivity contribution in [1.82, 2.24) is 0 Å². The second-order valence-electron chi connectivity index (χ2n) is 4.76. The molecule has 0 fully saturated rings. The van der Waals surface area contributed by atoms with Crippen LogP contribution in [0.1, 0.15) is 16.7 Å². The summed E-state index contributed by atoms with van der Waals surface area (Å²) in [4.78, 5) is 10.7. The van der Waals surface area contributed by atoms with Gasteiger partial charge in [0.1, 0.15) is 5.69 Å². The lowest BCUT2D eigenvalue weighted by Crippen LogP contribution is -2.04. The van der Waals surface area contributed by atoms with Gasteiger partial charge in [-0.05, 0) is 43.2 Å². The van der Waals surface area contributed by atoms with Gasteiger partial charge in [-0.15, -0.1) is 0 Å². The van der Waals surface area contributed by atoms with Crippen LogP contribution in [0, 0.1) is 24.0 Å². The fourth-order valence-electron chi connectivity index (χ4n) is 1.98. The summed E-state index contributed by atoms with van der Waals surface area (Å²) in [6, 6.07) is 8.55. The molecule has 0 saturated carbocycles. The molecule has 0 amide bonds. The Balaban J connectivity index is 2.32. The second kappa shape index (κ2) is 6.33. The molecule has 4 nitrogen and oxygen atoms in total. The molecule has 0 bridgehead atoms. The highest BCUT2D eigenvalue weighted by Crippen LogP contribution is 2.30. The van der Waals surface area contributed by atoms with Crippen molar-refractivity contribution in [3.05, 3.63) is 67.2 Å². The molecule has 0 saturated heterocycles. The molecule has 2 aromatic carbocycles. The van der Waals surface area contributed by atoms with E-state index in [0.29, 0.717) is 27.8 Å². The van der Waals surface area contributed by atoms with Crippen LogP contribution in [0.15, 0.2) is 30.3 Å². The molecule has 2 aromatic rings. The van der Waals surface area contributed by atoms with Crippen LogP contribution in [-0.4, -0.2) is 4.92 Å². The molecule has 6 heteroatoms. The number of benzene rings is 2. The normalized spacial score (nSPS) is 10.5. The molecule has 0 unspecified atom stereocenters. The third-order valence-electron chi connectivity index (χ3n) is 3.33. The number of nitro groups is 1. The Labute approximate surface area is 132 Å². The monoisotopic (exact) mass is 324 g/mol. The van der Waals surface area contributed by atoms with Crippen LogP contribution in [0.25, 0.3) is 0 Å². The predicted octanol–water partition coefficient (Wildman–Crippen LogP) is 5.13. The van der Waals surface area contributed by atoms with Gasteiger partial charge in [0.25, 0.3) is 5.69 Å². The van der Waals surface area contributed by atoms with E-state index in [1.54, 1.807) is 30.3 Å². The SMILES string of the molecule is Cc1cc(NCc2c(Cl)cccc2Cl)c([N+](=O)[O-])cc1C. The summed E-state index contributed by atoms with van der Waals surface area (Å²) in [6.45, 7) is 4.08. The Morgan fingerprint density at radius 2 is 1.71 bits per heavy atom. The molecular weight excluding hydrogens is 311 g/mol. The maximum atomic E-state index is 11.1. The van der Waals surface area contributed by atoms with Gasteiger partial charge in [0, 0.05) is 28.2 Å². The van der Waals surface area contributed by atoms with E-state index in [1.807, 2.05) is 13.8 Å². The minimum atomic E-state index is -0.400. The maximum Gasteiger partial charge on any atom is 0.292 e. The Kier molecular flexibility index (Phi) is 4.70. The molecule has 0 radical (unpaired) electrons. The van der Waals surface area contributed by atoms with Crippen LogP contribution < -0.4 is 5.32 Å². The molecular formula is C15H14Cl2N2O2. The van der Waals surface area contributed by atoms with E-state index >= 15 is 0 Å². The number of nitrogens with one attached hydrogen (secondary N) is 1. The smallest absolute Gasteiger partial charge is 0.292 e. The number of nitro benzene ring substituents is 1. The average Bonchev–Trinajstić information content (AvgIpc) is 2.41. The number of rotatable bonds is 4. The van der Waals surface area contributed by atoms with Crippen molar-refractivity contribution in [3.63, 3.8) is 0 Å². The quantitative estimate of drug-likeness (QED) is 0.626. The molecule has 2 rings (SSSR count). The van der Waals surface area contributed by atoms with Crippen molar-refractivity contribution in [2.24, 2.45) is 0 Å². The summed E-state index contributed by atoms with van der Waals surface area (Å²) in [7, 11) is 0. The van der Waals surface area contributed by atoms with Crippen LogP contribution in [0.2, 0.25) is 10.0 Å². The minimum absolute atomic E-state index is 0.0428. The van der Waals surface area contributed by atoms with E-state index in [2.05, 4.69) is 5.32 Å². The summed E-state index contributed by atoms with van der Waals surface area (Å²) >= 11 is 12.2. The van der Waals surface area contributed by atoms with Gasteiger partial charge in [-0.1, -0.05) is 29.3 Å². The Hall–Kier alpha value is -1.78. The number of hydrogen-bond acceptors (Lipinski definition) is 3. The summed E-state index contributed by atoms with van der Waals surface area (Å²) < 4.78 is 0. The number of nitrogens with zero attached hydrogens (tertiary/aromatic N) is 1. The van der Waals surface area contributed by atoms with E-state index in [-0.39, 0.29) is 5.69 Å². The summed E-state index contributed by atoms with van der Waals surface area (Å²) in [6.07, 6.45) is 0. The maximum absolute atomic E-state index is 11.1. The zero-order valence-electron chi connectivity index (χ0n) is 11.6. The Bertz CT molecular complexity index is 682. The van der Waals surface area contributed by atoms with E-state index in [4.69, 9.17) is 23.2 Å². The highest BCUT2D eigenvalue weighted by atomic mass is 35.5. The molecule has 0 aliphatic heterocycles. The molecule has 1 N–H and O–H groups in total. The van der Waals surface area contributed by atoms with Gasteiger partial charge in [0.15, 0.2) is 0 Å². The zero-order valence-corrected chi connectivity index (χ0v) is 13.1. The van der Waals surface area contributed by atoms with Crippen molar-refractivity contribution in [2.45, 2.75) is 20.4 Å². The molecule has 0 atom stereocenters. The van der Waals surface area contributed by atoms with Gasteiger partial charge < -0.3 is 5.32 Å². The van der Waals surface area contributed by atoms with Crippen molar-refractivity contribution >= 4 is 34.6 Å². The van der Waals surface area contributed by atoms with E-state index < -0.39 is 4.92 Å². The molecule has 110 valence electrons. The first kappa shape index (κ1) is 15.6. The lowest BCUT2D eigenvalue weighted by molar-refractivity contribution is -0.384. The summed E-state index contributed by atoms with van der Waals surface area (Å²) in [5.41, 5.74) is 3.07. The lowest BCUT2D eigenvalue weighted by atomic mass is 10.1. The zero-order chi connectivity index (χ0) is 15.6. The van der Waals surface area contributed by atoms with Gasteiger partial charge in [0.05, 0.1) is 4.92 Å². The third-order valence-corrected chi connectivity index (χ3v) is 4.03. The first-order valence-electron chi connectivity index (χ1n) is 6.32. The van der Waals surface area contributed by atoms with Crippen molar-refractivity contribution < 1.29 is 4.92 Å². The van der Waals surface area contributed by atoms with Gasteiger partial charge in [0.2, 0.25) is 0 Å². The van der Waals surface area contributed by atoms with Crippen LogP contribution >= 0.6 is 23.2 Å². The highest BCUT2D eigenvalue weighted by molar-refractivity contribution is 6.36. The fraction of sp³-hybridized carbons (Fsp3) is 0.200. The number of anilines is 1. The molecule has 0 aromatic heterocycles. The van der Waals surface area contributed by atoms with E-state index in [1.165, 1.54) is 0 Å². The number of halogens is 2. The molecule has 21 heavy (non-hydrogen) atoms. The highest BCUT2D eigenvalue weighted by Gasteiger charge is 2.16. The summed E-state index contributed by atoms with van der Waals surface area (Å²) in [5.74, 6) is 0. The third kappa shape index (κ3) is 3.46. The largest absolute Gasteiger partial charge is 0.375 e. The van der Waals surface area contributed by atoms with Crippen LogP contribution in [0.3, 0.4) is 0 Å². The Morgan fingerprint density at radius 1 is 1.14 bits per heavy atom. The van der Waals surface area contributed by atoms with Gasteiger partial charge in [-0.3, -0.25) is 10.1 Å². The molecule has 0 aliphatic rings. The van der Waals surface area contributed by atoms with Crippen molar-refractivity contribution in [3.8, 4) is 0 Å². The first-order valence-corrected chi connectivity index (χ1v) is 7.08. The predicted molar refractivity (Wildman–Crippen MR) is 86.4 cm³/mol. The van der Waals surface area contributed by atoms with Gasteiger partial charge >= 0.3 is 0 Å². The number of aryl methyl sites for hydroxylation is 2. The average molecular weight is 325 g/mol. The number of hydrogen-bond donors (Lipinski definition) is 1. The first-order chi connectivity index (χ1) is 9.90. The van der Waals surface area contributed by atoms with Crippen molar-refractivity contribution in [1.29, 1.82) is 0 Å². The van der Waals surface area contributed by atoms with E-state index in [9.17, 15) is 10.1 Å². The topological polar surface area (TPSA) is 55.2 Å². The molecule has 0 aliphatic carbocycles. The van der Waals surface area contributed by atoms with E-state index in [0.717, 1.165) is 11.1 Å². The fourth-order valence-corrected chi connectivity index (χ4v) is 2.51. The molecule has 0 heterocycles. The van der Waals surface area contributed by atoms with Crippen LogP contribution in [0.4, 0.5) is 11.4 Å².